The molecule has 1 rings (SSSR count). The van der Waals surface area contributed by atoms with Crippen molar-refractivity contribution in [1.82, 2.24) is 15.1 Å². The van der Waals surface area contributed by atoms with E-state index in [9.17, 15) is 0 Å². The summed E-state index contributed by atoms with van der Waals surface area (Å²) >= 11 is 6.44. The fraction of sp³-hybridized carbons (Fsp3) is 0.812. The zero-order chi connectivity index (χ0) is 15.1. The number of rotatable bonds is 9. The SMILES string of the molecule is CCc1nn(CC)c(CCC(C)CNCC(C)C)c1Cl. The van der Waals surface area contributed by atoms with E-state index in [-0.39, 0.29) is 0 Å². The van der Waals surface area contributed by atoms with Crippen LogP contribution in [-0.4, -0.2) is 22.9 Å². The molecule has 0 saturated carbocycles. The summed E-state index contributed by atoms with van der Waals surface area (Å²) < 4.78 is 2.06. The van der Waals surface area contributed by atoms with Crippen LogP contribution in [0.1, 0.15) is 52.4 Å². The number of nitrogens with zero attached hydrogens (tertiary/aromatic N) is 2. The lowest BCUT2D eigenvalue weighted by Gasteiger charge is -2.14. The second-order valence-electron chi connectivity index (χ2n) is 6.07. The third-order valence-corrected chi connectivity index (χ3v) is 4.05. The Labute approximate surface area is 129 Å². The molecule has 116 valence electrons. The van der Waals surface area contributed by atoms with Crippen LogP contribution in [0.4, 0.5) is 0 Å². The van der Waals surface area contributed by atoms with Crippen molar-refractivity contribution >= 4 is 11.6 Å². The average Bonchev–Trinajstić information content (AvgIpc) is 2.71. The molecule has 0 amide bonds. The fourth-order valence-corrected chi connectivity index (χ4v) is 2.72. The van der Waals surface area contributed by atoms with Gasteiger partial charge < -0.3 is 5.32 Å². The molecule has 0 saturated heterocycles. The maximum absolute atomic E-state index is 6.44. The summed E-state index contributed by atoms with van der Waals surface area (Å²) in [6, 6.07) is 0. The predicted molar refractivity (Wildman–Crippen MR) is 87.5 cm³/mol. The second-order valence-corrected chi connectivity index (χ2v) is 6.45. The largest absolute Gasteiger partial charge is 0.316 e. The molecule has 4 heteroatoms. The van der Waals surface area contributed by atoms with Crippen LogP contribution >= 0.6 is 11.6 Å². The molecular weight excluding hydrogens is 270 g/mol. The molecule has 20 heavy (non-hydrogen) atoms. The molecule has 1 unspecified atom stereocenters. The molecule has 0 fully saturated rings. The first-order valence-electron chi connectivity index (χ1n) is 7.94. The Hall–Kier alpha value is -0.540. The lowest BCUT2D eigenvalue weighted by atomic mass is 10.0. The summed E-state index contributed by atoms with van der Waals surface area (Å²) in [6.07, 6.45) is 3.08. The summed E-state index contributed by atoms with van der Waals surface area (Å²) in [5.41, 5.74) is 2.25. The predicted octanol–water partition coefficient (Wildman–Crippen LogP) is 3.93. The van der Waals surface area contributed by atoms with Gasteiger partial charge in [0, 0.05) is 6.54 Å². The molecule has 1 atom stereocenters. The van der Waals surface area contributed by atoms with E-state index in [2.05, 4.69) is 49.7 Å². The van der Waals surface area contributed by atoms with Crippen LogP contribution in [0.5, 0.6) is 0 Å². The molecule has 1 N–H and O–H groups in total. The van der Waals surface area contributed by atoms with Crippen LogP contribution in [0, 0.1) is 11.8 Å². The van der Waals surface area contributed by atoms with E-state index < -0.39 is 0 Å². The normalized spacial score (nSPS) is 13.2. The van der Waals surface area contributed by atoms with Gasteiger partial charge in [-0.15, -0.1) is 0 Å². The Morgan fingerprint density at radius 1 is 1.20 bits per heavy atom. The monoisotopic (exact) mass is 299 g/mol. The highest BCUT2D eigenvalue weighted by atomic mass is 35.5. The van der Waals surface area contributed by atoms with Gasteiger partial charge >= 0.3 is 0 Å². The Balaban J connectivity index is 2.50. The van der Waals surface area contributed by atoms with Crippen LogP contribution in [0.2, 0.25) is 5.02 Å². The minimum atomic E-state index is 0.662. The van der Waals surface area contributed by atoms with Crippen molar-refractivity contribution in [2.75, 3.05) is 13.1 Å². The van der Waals surface area contributed by atoms with Crippen LogP contribution in [0.3, 0.4) is 0 Å². The first-order chi connectivity index (χ1) is 9.49. The molecule has 1 heterocycles. The first kappa shape index (κ1) is 17.5. The Kier molecular flexibility index (Phi) is 7.60. The minimum absolute atomic E-state index is 0.662. The van der Waals surface area contributed by atoms with Gasteiger partial charge in [-0.3, -0.25) is 4.68 Å². The summed E-state index contributed by atoms with van der Waals surface area (Å²) in [6.45, 7) is 14.1. The highest BCUT2D eigenvalue weighted by Gasteiger charge is 2.15. The maximum atomic E-state index is 6.44. The smallest absolute Gasteiger partial charge is 0.0849 e. The molecule has 1 aromatic heterocycles. The highest BCUT2D eigenvalue weighted by Crippen LogP contribution is 2.23. The lowest BCUT2D eigenvalue weighted by molar-refractivity contribution is 0.448. The molecule has 0 aliphatic heterocycles. The summed E-state index contributed by atoms with van der Waals surface area (Å²) in [4.78, 5) is 0. The van der Waals surface area contributed by atoms with Gasteiger partial charge in [0.05, 0.1) is 16.4 Å². The van der Waals surface area contributed by atoms with Gasteiger partial charge in [-0.25, -0.2) is 0 Å². The number of aromatic nitrogens is 2. The zero-order valence-corrected chi connectivity index (χ0v) is 14.4. The molecule has 0 aliphatic carbocycles. The van der Waals surface area contributed by atoms with Crippen molar-refractivity contribution in [3.05, 3.63) is 16.4 Å². The van der Waals surface area contributed by atoms with E-state index in [0.717, 1.165) is 49.6 Å². The molecule has 0 spiro atoms. The van der Waals surface area contributed by atoms with Crippen LogP contribution in [0.15, 0.2) is 0 Å². The van der Waals surface area contributed by atoms with Gasteiger partial charge in [-0.05, 0) is 51.1 Å². The van der Waals surface area contributed by atoms with E-state index in [1.165, 1.54) is 5.69 Å². The molecule has 0 bridgehead atoms. The van der Waals surface area contributed by atoms with Gasteiger partial charge in [0.25, 0.3) is 0 Å². The van der Waals surface area contributed by atoms with Crippen molar-refractivity contribution in [3.8, 4) is 0 Å². The topological polar surface area (TPSA) is 29.9 Å². The average molecular weight is 300 g/mol. The van der Waals surface area contributed by atoms with Crippen molar-refractivity contribution in [3.63, 3.8) is 0 Å². The van der Waals surface area contributed by atoms with E-state index in [4.69, 9.17) is 11.6 Å². The molecule has 0 aromatic carbocycles. The van der Waals surface area contributed by atoms with Gasteiger partial charge in [-0.1, -0.05) is 39.3 Å². The molecule has 0 radical (unpaired) electrons. The second kappa shape index (κ2) is 8.68. The standard InChI is InChI=1S/C16H30ClN3/c1-6-14-16(17)15(20(7-2)19-14)9-8-13(5)11-18-10-12(3)4/h12-13,18H,6-11H2,1-5H3. The number of nitrogens with one attached hydrogen (secondary N) is 1. The maximum Gasteiger partial charge on any atom is 0.0849 e. The highest BCUT2D eigenvalue weighted by molar-refractivity contribution is 6.31. The zero-order valence-electron chi connectivity index (χ0n) is 13.7. The molecular formula is C16H30ClN3. The summed E-state index contributed by atoms with van der Waals surface area (Å²) in [5.74, 6) is 1.38. The van der Waals surface area contributed by atoms with E-state index in [0.29, 0.717) is 11.8 Å². The van der Waals surface area contributed by atoms with Crippen molar-refractivity contribution in [2.45, 2.75) is 60.4 Å². The van der Waals surface area contributed by atoms with Gasteiger partial charge in [-0.2, -0.15) is 5.10 Å². The van der Waals surface area contributed by atoms with Gasteiger partial charge in [0.2, 0.25) is 0 Å². The number of aryl methyl sites for hydroxylation is 2. The molecule has 3 nitrogen and oxygen atoms in total. The Bertz CT molecular complexity index is 399. The van der Waals surface area contributed by atoms with Gasteiger partial charge in [0.15, 0.2) is 0 Å². The van der Waals surface area contributed by atoms with Crippen LogP contribution in [-0.2, 0) is 19.4 Å². The fourth-order valence-electron chi connectivity index (χ4n) is 2.36. The van der Waals surface area contributed by atoms with Crippen molar-refractivity contribution < 1.29 is 0 Å². The van der Waals surface area contributed by atoms with E-state index in [1.54, 1.807) is 0 Å². The molecule has 1 aromatic rings. The quantitative estimate of drug-likeness (QED) is 0.748. The third-order valence-electron chi connectivity index (χ3n) is 3.61. The Morgan fingerprint density at radius 3 is 2.45 bits per heavy atom. The number of hydrogen-bond acceptors (Lipinski definition) is 2. The minimum Gasteiger partial charge on any atom is -0.316 e. The summed E-state index contributed by atoms with van der Waals surface area (Å²) in [5, 5.41) is 8.99. The first-order valence-corrected chi connectivity index (χ1v) is 8.32. The third kappa shape index (κ3) is 5.10. The van der Waals surface area contributed by atoms with Gasteiger partial charge in [0.1, 0.15) is 0 Å². The molecule has 0 aliphatic rings. The summed E-state index contributed by atoms with van der Waals surface area (Å²) in [7, 11) is 0. The van der Waals surface area contributed by atoms with Crippen LogP contribution in [0.25, 0.3) is 0 Å². The lowest BCUT2D eigenvalue weighted by Crippen LogP contribution is -2.25. The van der Waals surface area contributed by atoms with Crippen LogP contribution < -0.4 is 5.32 Å². The van der Waals surface area contributed by atoms with E-state index in [1.807, 2.05) is 0 Å². The number of halogens is 1. The Morgan fingerprint density at radius 2 is 1.90 bits per heavy atom. The van der Waals surface area contributed by atoms with Crippen molar-refractivity contribution in [2.24, 2.45) is 11.8 Å². The van der Waals surface area contributed by atoms with Crippen molar-refractivity contribution in [1.29, 1.82) is 0 Å². The number of hydrogen-bond donors (Lipinski definition) is 1. The van der Waals surface area contributed by atoms with E-state index >= 15 is 0 Å².